The van der Waals surface area contributed by atoms with Crippen molar-refractivity contribution in [3.8, 4) is 0 Å². The number of hydrogen-bond acceptors (Lipinski definition) is 3. The fourth-order valence-electron chi connectivity index (χ4n) is 0.139. The molecule has 0 aromatic heterocycles. The molecule has 4 N–H and O–H groups in total. The van der Waals surface area contributed by atoms with E-state index in [9.17, 15) is 9.13 Å². The molecule has 0 amide bonds. The van der Waals surface area contributed by atoms with Crippen LogP contribution in [0, 0.1) is 0 Å². The van der Waals surface area contributed by atoms with Gasteiger partial charge in [-0.25, -0.2) is 9.13 Å². The van der Waals surface area contributed by atoms with Gasteiger partial charge in [-0.3, -0.25) is 0 Å². The summed E-state index contributed by atoms with van der Waals surface area (Å²) < 4.78 is 22.2. The first-order valence-corrected chi connectivity index (χ1v) is 4.59. The molecular weight excluding hydrogens is 233 g/mol. The fraction of sp³-hybridized carbons (Fsp3) is 0. The molecule has 0 atom stereocenters. The van der Waals surface area contributed by atoms with Crippen LogP contribution in [0.5, 0.6) is 0 Å². The van der Waals surface area contributed by atoms with E-state index in [-0.39, 0.29) is 16.8 Å². The molecule has 0 fully saturated rings. The summed E-state index contributed by atoms with van der Waals surface area (Å²) in [4.78, 5) is 31.0. The molecule has 0 spiro atoms. The molecule has 7 nitrogen and oxygen atoms in total. The van der Waals surface area contributed by atoms with Gasteiger partial charge in [0.25, 0.3) is 0 Å². The number of rotatable bonds is 2. The summed E-state index contributed by atoms with van der Waals surface area (Å²) in [6.07, 6.45) is 0. The van der Waals surface area contributed by atoms with Crippen LogP contribution in [-0.2, 0) is 30.2 Å². The molecule has 0 aliphatic rings. The molecule has 0 rings (SSSR count). The zero-order valence-corrected chi connectivity index (χ0v) is 7.07. The van der Waals surface area contributed by atoms with Crippen molar-refractivity contribution < 1.29 is 49.8 Å². The largest absolute Gasteiger partial charge is 0.478 e. The van der Waals surface area contributed by atoms with E-state index >= 15 is 0 Å². The molecule has 0 aromatic rings. The van der Waals surface area contributed by atoms with E-state index in [2.05, 4.69) is 4.31 Å². The van der Waals surface area contributed by atoms with E-state index in [1.165, 1.54) is 0 Å². The molecule has 10 heteroatoms. The van der Waals surface area contributed by atoms with Crippen molar-refractivity contribution >= 4 is 15.6 Å². The number of hydrogen-bond donors (Lipinski definition) is 4. The van der Waals surface area contributed by atoms with Gasteiger partial charge in [-0.1, -0.05) is 0 Å². The Kier molecular flexibility index (Phi) is 5.29. The number of phosphoric acid groups is 2. The molecule has 0 aromatic carbocycles. The molecule has 0 aliphatic heterocycles. The summed E-state index contributed by atoms with van der Waals surface area (Å²) in [5.74, 6) is 0. The van der Waals surface area contributed by atoms with Crippen LogP contribution in [-0.4, -0.2) is 19.6 Å². The van der Waals surface area contributed by atoms with Crippen molar-refractivity contribution in [1.82, 2.24) is 0 Å². The third kappa shape index (κ3) is 11.5. The van der Waals surface area contributed by atoms with E-state index in [0.29, 0.717) is 0 Å². The van der Waals surface area contributed by atoms with Gasteiger partial charge in [-0.2, -0.15) is 4.31 Å². The summed E-state index contributed by atoms with van der Waals surface area (Å²) in [6, 6.07) is 0. The van der Waals surface area contributed by atoms with Gasteiger partial charge >= 0.3 is 15.6 Å². The standard InChI is InChI=1S/Co.H4O7P2/c;1-8(2,3)7-9(4,5)6/h;(H2,1,2,3)(H2,4,5,6). The predicted molar refractivity (Wildman–Crippen MR) is 25.2 cm³/mol. The molecule has 0 heterocycles. The molecule has 0 unspecified atom stereocenters. The van der Waals surface area contributed by atoms with Gasteiger partial charge < -0.3 is 19.6 Å². The Bertz CT molecular complexity index is 152. The Morgan fingerprint density at radius 1 is 0.900 bits per heavy atom. The second kappa shape index (κ2) is 3.96. The zero-order chi connectivity index (χ0) is 7.71. The smallest absolute Gasteiger partial charge is 0.302 e. The average Bonchev–Trinajstić information content (AvgIpc) is 1.14. The van der Waals surface area contributed by atoms with Crippen LogP contribution >= 0.6 is 15.6 Å². The normalized spacial score (nSPS) is 12.4. The minimum Gasteiger partial charge on any atom is -0.302 e. The first-order valence-electron chi connectivity index (χ1n) is 1.53. The predicted octanol–water partition coefficient (Wildman–Crippen LogP) is -0.814. The topological polar surface area (TPSA) is 124 Å². The van der Waals surface area contributed by atoms with Crippen LogP contribution in [0.2, 0.25) is 0 Å². The van der Waals surface area contributed by atoms with Gasteiger partial charge in [0.1, 0.15) is 0 Å². The molecule has 1 radical (unpaired) electrons. The van der Waals surface area contributed by atoms with Crippen molar-refractivity contribution in [2.45, 2.75) is 0 Å². The van der Waals surface area contributed by atoms with E-state index in [1.54, 1.807) is 0 Å². The summed E-state index contributed by atoms with van der Waals surface area (Å²) in [5, 5.41) is 0. The van der Waals surface area contributed by atoms with Crippen LogP contribution < -0.4 is 0 Å². The Balaban J connectivity index is 0. The Labute approximate surface area is 66.1 Å². The van der Waals surface area contributed by atoms with Crippen LogP contribution in [0.4, 0.5) is 0 Å². The summed E-state index contributed by atoms with van der Waals surface area (Å²) in [7, 11) is -10.1. The summed E-state index contributed by atoms with van der Waals surface area (Å²) >= 11 is 0. The maximum Gasteiger partial charge on any atom is 0.478 e. The summed E-state index contributed by atoms with van der Waals surface area (Å²) in [5.41, 5.74) is 0. The quantitative estimate of drug-likeness (QED) is 0.462. The van der Waals surface area contributed by atoms with E-state index in [1.807, 2.05) is 0 Å². The molecule has 0 saturated heterocycles. The van der Waals surface area contributed by atoms with Gasteiger partial charge in [-0.05, 0) is 0 Å². The third-order valence-electron chi connectivity index (χ3n) is 0.213. The second-order valence-corrected chi connectivity index (χ2v) is 3.68. The third-order valence-corrected chi connectivity index (χ3v) is 1.91. The minimum absolute atomic E-state index is 0. The van der Waals surface area contributed by atoms with Gasteiger partial charge in [0.15, 0.2) is 0 Å². The van der Waals surface area contributed by atoms with Crippen molar-refractivity contribution in [1.29, 1.82) is 0 Å². The van der Waals surface area contributed by atoms with Crippen LogP contribution in [0.15, 0.2) is 0 Å². The maximum atomic E-state index is 9.63. The van der Waals surface area contributed by atoms with Gasteiger partial charge in [0.2, 0.25) is 0 Å². The first kappa shape index (κ1) is 13.4. The average molecular weight is 237 g/mol. The van der Waals surface area contributed by atoms with Crippen molar-refractivity contribution in [3.63, 3.8) is 0 Å². The zero-order valence-electron chi connectivity index (χ0n) is 4.24. The van der Waals surface area contributed by atoms with E-state index in [0.717, 1.165) is 0 Å². The molecule has 0 saturated carbocycles. The molecule has 0 bridgehead atoms. The van der Waals surface area contributed by atoms with Gasteiger partial charge in [0, 0.05) is 16.8 Å². The molecular formula is H4CoO7P2. The molecule has 0 aliphatic carbocycles. The Morgan fingerprint density at radius 2 is 1.10 bits per heavy atom. The van der Waals surface area contributed by atoms with Gasteiger partial charge in [0.05, 0.1) is 0 Å². The monoisotopic (exact) mass is 237 g/mol. The SMILES string of the molecule is O=P(O)(O)OP(=O)(O)O.[Co]. The van der Waals surface area contributed by atoms with Crippen LogP contribution in [0.25, 0.3) is 0 Å². The van der Waals surface area contributed by atoms with Gasteiger partial charge in [-0.15, -0.1) is 0 Å². The van der Waals surface area contributed by atoms with Crippen molar-refractivity contribution in [2.75, 3.05) is 0 Å². The van der Waals surface area contributed by atoms with E-state index in [4.69, 9.17) is 19.6 Å². The second-order valence-electron chi connectivity index (χ2n) is 1.06. The molecule has 65 valence electrons. The van der Waals surface area contributed by atoms with E-state index < -0.39 is 15.6 Å². The van der Waals surface area contributed by atoms with Crippen LogP contribution in [0.1, 0.15) is 0 Å². The van der Waals surface area contributed by atoms with Crippen LogP contribution in [0.3, 0.4) is 0 Å². The first-order chi connectivity index (χ1) is 3.71. The summed E-state index contributed by atoms with van der Waals surface area (Å²) in [6.45, 7) is 0. The minimum atomic E-state index is -5.05. The molecule has 10 heavy (non-hydrogen) atoms. The Hall–Kier alpha value is 0.766. The van der Waals surface area contributed by atoms with Crippen molar-refractivity contribution in [3.05, 3.63) is 0 Å². The maximum absolute atomic E-state index is 9.63. The Morgan fingerprint density at radius 3 is 1.10 bits per heavy atom. The van der Waals surface area contributed by atoms with Crippen molar-refractivity contribution in [2.24, 2.45) is 0 Å². The fourth-order valence-corrected chi connectivity index (χ4v) is 1.25.